The zero-order chi connectivity index (χ0) is 11.2. The van der Waals surface area contributed by atoms with Crippen molar-refractivity contribution >= 4 is 11.6 Å². The van der Waals surface area contributed by atoms with Crippen molar-refractivity contribution in [1.82, 2.24) is 0 Å². The SMILES string of the molecule is Cc1cc(C2(C(C)N)CC2)cc(Cl)c1F. The van der Waals surface area contributed by atoms with Crippen LogP contribution in [0.3, 0.4) is 0 Å². The molecule has 0 heterocycles. The molecule has 0 radical (unpaired) electrons. The van der Waals surface area contributed by atoms with E-state index in [9.17, 15) is 4.39 Å². The van der Waals surface area contributed by atoms with Gasteiger partial charge in [-0.15, -0.1) is 0 Å². The average molecular weight is 228 g/mol. The Morgan fingerprint density at radius 3 is 2.47 bits per heavy atom. The van der Waals surface area contributed by atoms with E-state index in [1.807, 2.05) is 13.0 Å². The summed E-state index contributed by atoms with van der Waals surface area (Å²) in [4.78, 5) is 0. The van der Waals surface area contributed by atoms with Crippen LogP contribution in [0.25, 0.3) is 0 Å². The number of hydrogen-bond acceptors (Lipinski definition) is 1. The molecular weight excluding hydrogens is 213 g/mol. The maximum atomic E-state index is 13.4. The highest BCUT2D eigenvalue weighted by molar-refractivity contribution is 6.30. The molecule has 2 rings (SSSR count). The van der Waals surface area contributed by atoms with Gasteiger partial charge in [0.2, 0.25) is 0 Å². The fraction of sp³-hybridized carbons (Fsp3) is 0.500. The Labute approximate surface area is 94.4 Å². The van der Waals surface area contributed by atoms with E-state index in [1.54, 1.807) is 13.0 Å². The second kappa shape index (κ2) is 3.46. The van der Waals surface area contributed by atoms with Gasteiger partial charge >= 0.3 is 0 Å². The molecule has 0 aliphatic heterocycles. The molecular formula is C12H15ClFN. The van der Waals surface area contributed by atoms with Gasteiger partial charge in [-0.1, -0.05) is 17.7 Å². The molecule has 1 atom stereocenters. The lowest BCUT2D eigenvalue weighted by Crippen LogP contribution is -2.31. The minimum atomic E-state index is -0.319. The summed E-state index contributed by atoms with van der Waals surface area (Å²) in [5, 5.41) is 0.205. The number of benzene rings is 1. The molecule has 1 aliphatic rings. The molecule has 0 saturated heterocycles. The first-order valence-corrected chi connectivity index (χ1v) is 5.57. The Bertz CT molecular complexity index is 374. The van der Waals surface area contributed by atoms with E-state index in [1.165, 1.54) is 0 Å². The molecule has 3 heteroatoms. The van der Waals surface area contributed by atoms with Crippen LogP contribution in [0.15, 0.2) is 12.1 Å². The first-order valence-electron chi connectivity index (χ1n) is 5.19. The molecule has 0 aromatic heterocycles. The van der Waals surface area contributed by atoms with E-state index >= 15 is 0 Å². The van der Waals surface area contributed by atoms with E-state index in [-0.39, 0.29) is 22.3 Å². The van der Waals surface area contributed by atoms with Crippen molar-refractivity contribution in [2.75, 3.05) is 0 Å². The minimum absolute atomic E-state index is 0.0438. The molecule has 82 valence electrons. The van der Waals surface area contributed by atoms with E-state index < -0.39 is 0 Å². The van der Waals surface area contributed by atoms with E-state index in [0.717, 1.165) is 18.4 Å². The molecule has 1 saturated carbocycles. The van der Waals surface area contributed by atoms with Gasteiger partial charge in [0.25, 0.3) is 0 Å². The normalized spacial score (nSPS) is 20.1. The number of nitrogens with two attached hydrogens (primary N) is 1. The maximum absolute atomic E-state index is 13.4. The third-order valence-electron chi connectivity index (χ3n) is 3.45. The summed E-state index contributed by atoms with van der Waals surface area (Å²) >= 11 is 5.84. The van der Waals surface area contributed by atoms with Crippen molar-refractivity contribution < 1.29 is 4.39 Å². The fourth-order valence-electron chi connectivity index (χ4n) is 2.16. The van der Waals surface area contributed by atoms with Gasteiger partial charge in [0.05, 0.1) is 5.02 Å². The van der Waals surface area contributed by atoms with E-state index in [2.05, 4.69) is 0 Å². The predicted molar refractivity (Wildman–Crippen MR) is 60.7 cm³/mol. The van der Waals surface area contributed by atoms with Crippen molar-refractivity contribution in [3.05, 3.63) is 34.1 Å². The van der Waals surface area contributed by atoms with Gasteiger partial charge < -0.3 is 5.73 Å². The van der Waals surface area contributed by atoms with Crippen molar-refractivity contribution in [3.8, 4) is 0 Å². The minimum Gasteiger partial charge on any atom is -0.327 e. The zero-order valence-corrected chi connectivity index (χ0v) is 9.74. The first kappa shape index (κ1) is 10.9. The maximum Gasteiger partial charge on any atom is 0.144 e. The lowest BCUT2D eigenvalue weighted by Gasteiger charge is -2.21. The quantitative estimate of drug-likeness (QED) is 0.825. The summed E-state index contributed by atoms with van der Waals surface area (Å²) < 4.78 is 13.4. The molecule has 1 unspecified atom stereocenters. The Morgan fingerprint density at radius 2 is 2.07 bits per heavy atom. The molecule has 0 bridgehead atoms. The van der Waals surface area contributed by atoms with Crippen LogP contribution in [0.5, 0.6) is 0 Å². The van der Waals surface area contributed by atoms with Crippen molar-refractivity contribution in [1.29, 1.82) is 0 Å². The van der Waals surface area contributed by atoms with Crippen LogP contribution in [-0.2, 0) is 5.41 Å². The smallest absolute Gasteiger partial charge is 0.144 e. The fourth-order valence-corrected chi connectivity index (χ4v) is 2.42. The molecule has 1 aliphatic carbocycles. The van der Waals surface area contributed by atoms with Gasteiger partial charge in [0.1, 0.15) is 5.82 Å². The number of aryl methyl sites for hydroxylation is 1. The summed E-state index contributed by atoms with van der Waals surface area (Å²) in [5.41, 5.74) is 7.70. The Morgan fingerprint density at radius 1 is 1.47 bits per heavy atom. The average Bonchev–Trinajstić information content (AvgIpc) is 2.93. The van der Waals surface area contributed by atoms with Crippen LogP contribution in [-0.4, -0.2) is 6.04 Å². The highest BCUT2D eigenvalue weighted by atomic mass is 35.5. The van der Waals surface area contributed by atoms with E-state index in [0.29, 0.717) is 5.56 Å². The van der Waals surface area contributed by atoms with Crippen molar-refractivity contribution in [3.63, 3.8) is 0 Å². The molecule has 1 fully saturated rings. The van der Waals surface area contributed by atoms with Gasteiger partial charge in [-0.05, 0) is 43.9 Å². The standard InChI is InChI=1S/C12H15ClFN/c1-7-5-9(6-10(13)11(7)14)12(3-4-12)8(2)15/h5-6,8H,3-4,15H2,1-2H3. The lowest BCUT2D eigenvalue weighted by atomic mass is 9.88. The van der Waals surface area contributed by atoms with Gasteiger partial charge in [-0.2, -0.15) is 0 Å². The number of rotatable bonds is 2. The van der Waals surface area contributed by atoms with E-state index in [4.69, 9.17) is 17.3 Å². The highest BCUT2D eigenvalue weighted by Gasteiger charge is 2.47. The Kier molecular flexibility index (Phi) is 2.52. The molecule has 1 nitrogen and oxygen atoms in total. The third-order valence-corrected chi connectivity index (χ3v) is 3.72. The molecule has 0 amide bonds. The summed E-state index contributed by atoms with van der Waals surface area (Å²) in [6.45, 7) is 3.74. The monoisotopic (exact) mass is 227 g/mol. The van der Waals surface area contributed by atoms with Gasteiger partial charge in [0, 0.05) is 11.5 Å². The second-order valence-corrected chi connectivity index (χ2v) is 4.94. The first-order chi connectivity index (χ1) is 6.97. The molecule has 0 spiro atoms. The van der Waals surface area contributed by atoms with Crippen molar-refractivity contribution in [2.24, 2.45) is 5.73 Å². The summed E-state index contributed by atoms with van der Waals surface area (Å²) in [6.07, 6.45) is 2.15. The second-order valence-electron chi connectivity index (χ2n) is 4.53. The van der Waals surface area contributed by atoms with Crippen LogP contribution >= 0.6 is 11.6 Å². The van der Waals surface area contributed by atoms with Crippen LogP contribution in [0, 0.1) is 12.7 Å². The zero-order valence-electron chi connectivity index (χ0n) is 8.98. The molecule has 15 heavy (non-hydrogen) atoms. The molecule has 2 N–H and O–H groups in total. The Balaban J connectivity index is 2.47. The summed E-state index contributed by atoms with van der Waals surface area (Å²) in [6, 6.07) is 3.69. The van der Waals surface area contributed by atoms with Crippen LogP contribution in [0.1, 0.15) is 30.9 Å². The van der Waals surface area contributed by atoms with Gasteiger partial charge in [0.15, 0.2) is 0 Å². The highest BCUT2D eigenvalue weighted by Crippen LogP contribution is 2.51. The largest absolute Gasteiger partial charge is 0.327 e. The van der Waals surface area contributed by atoms with Gasteiger partial charge in [-0.25, -0.2) is 4.39 Å². The van der Waals surface area contributed by atoms with Crippen LogP contribution in [0.2, 0.25) is 5.02 Å². The number of halogens is 2. The summed E-state index contributed by atoms with van der Waals surface area (Å²) in [7, 11) is 0. The van der Waals surface area contributed by atoms with Gasteiger partial charge in [-0.3, -0.25) is 0 Å². The lowest BCUT2D eigenvalue weighted by molar-refractivity contribution is 0.552. The predicted octanol–water partition coefficient (Wildman–Crippen LogP) is 3.17. The van der Waals surface area contributed by atoms with Crippen LogP contribution in [0.4, 0.5) is 4.39 Å². The van der Waals surface area contributed by atoms with Crippen molar-refractivity contribution in [2.45, 2.75) is 38.1 Å². The van der Waals surface area contributed by atoms with Crippen LogP contribution < -0.4 is 5.73 Å². The summed E-state index contributed by atoms with van der Waals surface area (Å²) in [5.74, 6) is -0.319. The molecule has 1 aromatic rings. The molecule has 1 aromatic carbocycles. The Hall–Kier alpha value is -0.600. The third kappa shape index (κ3) is 1.66. The topological polar surface area (TPSA) is 26.0 Å². The number of hydrogen-bond donors (Lipinski definition) is 1.